The van der Waals surface area contributed by atoms with Crippen LogP contribution in [-0.4, -0.2) is 36.0 Å². The summed E-state index contributed by atoms with van der Waals surface area (Å²) in [6.07, 6.45) is -0.224. The van der Waals surface area contributed by atoms with E-state index in [1.54, 1.807) is 13.8 Å². The second-order valence-electron chi connectivity index (χ2n) is 3.63. The molecule has 0 aromatic rings. The molecule has 1 rings (SSSR count). The highest BCUT2D eigenvalue weighted by Crippen LogP contribution is 2.26. The van der Waals surface area contributed by atoms with Crippen molar-refractivity contribution in [3.05, 3.63) is 0 Å². The normalized spacial score (nSPS) is 20.8. The van der Waals surface area contributed by atoms with Crippen molar-refractivity contribution in [3.8, 4) is 0 Å². The van der Waals surface area contributed by atoms with Crippen LogP contribution in [0, 0.1) is 0 Å². The van der Waals surface area contributed by atoms with E-state index in [-0.39, 0.29) is 19.0 Å². The number of carbonyl (C=O) groups is 1. The van der Waals surface area contributed by atoms with E-state index in [4.69, 9.17) is 0 Å². The number of amides is 2. The van der Waals surface area contributed by atoms with Crippen LogP contribution >= 0.6 is 0 Å². The molecule has 1 aliphatic rings. The second kappa shape index (κ2) is 3.47. The Morgan fingerprint density at radius 1 is 1.54 bits per heavy atom. The molecule has 0 bridgehead atoms. The van der Waals surface area contributed by atoms with Gasteiger partial charge in [-0.1, -0.05) is 0 Å². The van der Waals surface area contributed by atoms with Crippen LogP contribution in [0.5, 0.6) is 0 Å². The predicted octanol–water partition coefficient (Wildman–Crippen LogP) is 1.45. The van der Waals surface area contributed by atoms with Crippen LogP contribution in [0.3, 0.4) is 0 Å². The minimum atomic E-state index is -2.70. The van der Waals surface area contributed by atoms with Crippen molar-refractivity contribution in [1.82, 2.24) is 10.2 Å². The first-order valence-electron chi connectivity index (χ1n) is 4.34. The first-order valence-corrected chi connectivity index (χ1v) is 4.34. The fourth-order valence-corrected chi connectivity index (χ4v) is 1.25. The summed E-state index contributed by atoms with van der Waals surface area (Å²) in [6.45, 7) is 3.29. The van der Waals surface area contributed by atoms with Crippen molar-refractivity contribution in [1.29, 1.82) is 0 Å². The topological polar surface area (TPSA) is 32.3 Å². The van der Waals surface area contributed by atoms with Gasteiger partial charge in [0.15, 0.2) is 0 Å². The highest BCUT2D eigenvalue weighted by Gasteiger charge is 2.40. The number of hydrogen-bond acceptors (Lipinski definition) is 1. The van der Waals surface area contributed by atoms with E-state index >= 15 is 0 Å². The van der Waals surface area contributed by atoms with Gasteiger partial charge >= 0.3 is 6.03 Å². The lowest BCUT2D eigenvalue weighted by atomic mass is 10.3. The second-order valence-corrected chi connectivity index (χ2v) is 3.63. The third kappa shape index (κ3) is 2.82. The van der Waals surface area contributed by atoms with E-state index in [0.29, 0.717) is 0 Å². The van der Waals surface area contributed by atoms with Crippen LogP contribution in [0.15, 0.2) is 0 Å². The van der Waals surface area contributed by atoms with E-state index in [9.17, 15) is 13.6 Å². The quantitative estimate of drug-likeness (QED) is 0.670. The van der Waals surface area contributed by atoms with Crippen molar-refractivity contribution in [3.63, 3.8) is 0 Å². The van der Waals surface area contributed by atoms with Crippen molar-refractivity contribution >= 4 is 6.03 Å². The molecule has 5 heteroatoms. The Bertz CT molecular complexity index is 206. The molecule has 0 atom stereocenters. The molecule has 2 amide bonds. The molecule has 0 aromatic carbocycles. The summed E-state index contributed by atoms with van der Waals surface area (Å²) in [7, 11) is 0. The molecule has 1 fully saturated rings. The first kappa shape index (κ1) is 10.2. The zero-order valence-electron chi connectivity index (χ0n) is 7.81. The molecule has 1 N–H and O–H groups in total. The minimum absolute atomic E-state index is 0.0123. The van der Waals surface area contributed by atoms with E-state index in [1.165, 1.54) is 0 Å². The van der Waals surface area contributed by atoms with Gasteiger partial charge in [-0.05, 0) is 13.8 Å². The molecule has 0 spiro atoms. The Hall–Kier alpha value is -0.870. The van der Waals surface area contributed by atoms with E-state index < -0.39 is 18.5 Å². The number of carbonyl (C=O) groups excluding carboxylic acids is 1. The lowest BCUT2D eigenvalue weighted by Crippen LogP contribution is -2.42. The number of nitrogens with zero attached hydrogens (tertiary/aromatic N) is 1. The fourth-order valence-electron chi connectivity index (χ4n) is 1.25. The van der Waals surface area contributed by atoms with Gasteiger partial charge in [0, 0.05) is 19.0 Å². The first-order chi connectivity index (χ1) is 5.91. The summed E-state index contributed by atoms with van der Waals surface area (Å²) < 4.78 is 25.3. The molecule has 76 valence electrons. The zero-order valence-corrected chi connectivity index (χ0v) is 7.81. The summed E-state index contributed by atoms with van der Waals surface area (Å²) in [5.41, 5.74) is 0. The highest BCUT2D eigenvalue weighted by atomic mass is 19.3. The van der Waals surface area contributed by atoms with Crippen LogP contribution < -0.4 is 5.32 Å². The molecule has 1 aliphatic heterocycles. The van der Waals surface area contributed by atoms with E-state index in [2.05, 4.69) is 5.32 Å². The molecule has 0 unspecified atom stereocenters. The molecule has 0 saturated carbocycles. The van der Waals surface area contributed by atoms with Crippen molar-refractivity contribution in [2.24, 2.45) is 0 Å². The summed E-state index contributed by atoms with van der Waals surface area (Å²) in [5.74, 6) is -2.70. The Morgan fingerprint density at radius 3 is 2.54 bits per heavy atom. The zero-order chi connectivity index (χ0) is 10.1. The predicted molar refractivity (Wildman–Crippen MR) is 44.8 cm³/mol. The van der Waals surface area contributed by atoms with Gasteiger partial charge in [-0.3, -0.25) is 0 Å². The van der Waals surface area contributed by atoms with Crippen LogP contribution in [0.25, 0.3) is 0 Å². The Balaban J connectivity index is 2.42. The number of alkyl halides is 2. The number of hydrogen-bond donors (Lipinski definition) is 1. The van der Waals surface area contributed by atoms with Gasteiger partial charge in [0.25, 0.3) is 5.92 Å². The average molecular weight is 192 g/mol. The molecule has 0 aliphatic carbocycles. The van der Waals surface area contributed by atoms with Crippen LogP contribution in [0.1, 0.15) is 20.3 Å². The summed E-state index contributed by atoms with van der Waals surface area (Å²) in [4.78, 5) is 12.4. The summed E-state index contributed by atoms with van der Waals surface area (Å²) >= 11 is 0. The maximum Gasteiger partial charge on any atom is 0.317 e. The van der Waals surface area contributed by atoms with E-state index in [0.717, 1.165) is 4.90 Å². The number of rotatable bonds is 1. The van der Waals surface area contributed by atoms with Crippen molar-refractivity contribution in [2.75, 3.05) is 13.1 Å². The third-order valence-corrected chi connectivity index (χ3v) is 1.87. The Labute approximate surface area is 76.1 Å². The highest BCUT2D eigenvalue weighted by molar-refractivity contribution is 5.74. The van der Waals surface area contributed by atoms with Crippen LogP contribution in [-0.2, 0) is 0 Å². The van der Waals surface area contributed by atoms with Gasteiger partial charge in [0.1, 0.15) is 0 Å². The van der Waals surface area contributed by atoms with Crippen molar-refractivity contribution < 1.29 is 13.6 Å². The van der Waals surface area contributed by atoms with Gasteiger partial charge in [-0.25, -0.2) is 13.6 Å². The number of likely N-dealkylation sites (tertiary alicyclic amines) is 1. The standard InChI is InChI=1S/C8H14F2N2O/c1-6(2)11-7(13)12-4-3-8(9,10)5-12/h6H,3-5H2,1-2H3,(H,11,13). The monoisotopic (exact) mass is 192 g/mol. The van der Waals surface area contributed by atoms with Gasteiger partial charge < -0.3 is 10.2 Å². The maximum absolute atomic E-state index is 12.7. The number of urea groups is 1. The smallest absolute Gasteiger partial charge is 0.317 e. The van der Waals surface area contributed by atoms with Crippen LogP contribution in [0.2, 0.25) is 0 Å². The summed E-state index contributed by atoms with van der Waals surface area (Å²) in [6, 6.07) is -0.408. The van der Waals surface area contributed by atoms with Crippen molar-refractivity contribution in [2.45, 2.75) is 32.2 Å². The molecule has 0 radical (unpaired) electrons. The van der Waals surface area contributed by atoms with E-state index in [1.807, 2.05) is 0 Å². The molecule has 0 aromatic heterocycles. The fraction of sp³-hybridized carbons (Fsp3) is 0.875. The maximum atomic E-state index is 12.7. The Kier molecular flexibility index (Phi) is 2.73. The van der Waals surface area contributed by atoms with Crippen LogP contribution in [0.4, 0.5) is 13.6 Å². The lowest BCUT2D eigenvalue weighted by Gasteiger charge is -2.18. The third-order valence-electron chi connectivity index (χ3n) is 1.87. The minimum Gasteiger partial charge on any atom is -0.336 e. The average Bonchev–Trinajstić information content (AvgIpc) is 2.28. The summed E-state index contributed by atoms with van der Waals surface area (Å²) in [5, 5.41) is 2.58. The number of nitrogens with one attached hydrogen (secondary N) is 1. The lowest BCUT2D eigenvalue weighted by molar-refractivity contribution is 0.0153. The van der Waals surface area contributed by atoms with Gasteiger partial charge in [0.05, 0.1) is 6.54 Å². The van der Waals surface area contributed by atoms with Gasteiger partial charge in [-0.2, -0.15) is 0 Å². The molecular weight excluding hydrogens is 178 g/mol. The molecular formula is C8H14F2N2O. The molecule has 1 saturated heterocycles. The Morgan fingerprint density at radius 2 is 2.15 bits per heavy atom. The molecule has 1 heterocycles. The molecule has 13 heavy (non-hydrogen) atoms. The largest absolute Gasteiger partial charge is 0.336 e. The van der Waals surface area contributed by atoms with Gasteiger partial charge in [-0.15, -0.1) is 0 Å². The SMILES string of the molecule is CC(C)NC(=O)N1CCC(F)(F)C1. The number of halogens is 2. The molecule has 3 nitrogen and oxygen atoms in total. The van der Waals surface area contributed by atoms with Gasteiger partial charge in [0.2, 0.25) is 0 Å².